The fourth-order valence-electron chi connectivity index (χ4n) is 1.45. The predicted octanol–water partition coefficient (Wildman–Crippen LogP) is 3.61. The van der Waals surface area contributed by atoms with Crippen LogP contribution in [0.1, 0.15) is 0 Å². The fourth-order valence-corrected chi connectivity index (χ4v) is 1.85. The Bertz CT molecular complexity index is 514. The van der Waals surface area contributed by atoms with E-state index in [1.807, 2.05) is 24.3 Å². The van der Waals surface area contributed by atoms with Gasteiger partial charge in [0.15, 0.2) is 0 Å². The van der Waals surface area contributed by atoms with Gasteiger partial charge in [-0.05, 0) is 40.2 Å². The minimum absolute atomic E-state index is 0.194. The lowest BCUT2D eigenvalue weighted by molar-refractivity contribution is 0.216. The van der Waals surface area contributed by atoms with Gasteiger partial charge in [-0.25, -0.2) is 0 Å². The summed E-state index contributed by atoms with van der Waals surface area (Å²) in [5, 5.41) is 9.27. The van der Waals surface area contributed by atoms with E-state index >= 15 is 0 Å². The van der Waals surface area contributed by atoms with E-state index in [4.69, 9.17) is 9.47 Å². The lowest BCUT2D eigenvalue weighted by atomic mass is 10.3. The van der Waals surface area contributed by atoms with E-state index in [1.165, 1.54) is 0 Å². The molecule has 2 aromatic rings. The van der Waals surface area contributed by atoms with Gasteiger partial charge < -0.3 is 14.6 Å². The summed E-state index contributed by atoms with van der Waals surface area (Å²) < 4.78 is 11.9. The zero-order chi connectivity index (χ0) is 12.8. The Hall–Kier alpha value is -1.68. The van der Waals surface area contributed by atoms with Gasteiger partial charge in [-0.1, -0.05) is 18.2 Å². The smallest absolute Gasteiger partial charge is 0.133 e. The van der Waals surface area contributed by atoms with Crippen molar-refractivity contribution in [3.05, 3.63) is 53.0 Å². The number of benzene rings is 2. The summed E-state index contributed by atoms with van der Waals surface area (Å²) in [6.45, 7) is 0.864. The van der Waals surface area contributed by atoms with Crippen molar-refractivity contribution in [3.8, 4) is 17.2 Å². The third-order valence-electron chi connectivity index (χ3n) is 2.26. The third kappa shape index (κ3) is 3.67. The van der Waals surface area contributed by atoms with E-state index in [1.54, 1.807) is 24.3 Å². The van der Waals surface area contributed by atoms with Gasteiger partial charge in [-0.3, -0.25) is 0 Å². The quantitative estimate of drug-likeness (QED) is 0.858. The summed E-state index contributed by atoms with van der Waals surface area (Å²) in [7, 11) is 0. The number of para-hydroxylation sites is 1. The summed E-state index contributed by atoms with van der Waals surface area (Å²) in [4.78, 5) is 0. The molecule has 0 heterocycles. The van der Waals surface area contributed by atoms with Crippen molar-refractivity contribution in [2.75, 3.05) is 13.2 Å². The Kier molecular flexibility index (Phi) is 4.47. The topological polar surface area (TPSA) is 38.7 Å². The average molecular weight is 309 g/mol. The second-order valence-electron chi connectivity index (χ2n) is 3.62. The molecule has 0 unspecified atom stereocenters. The third-order valence-corrected chi connectivity index (χ3v) is 2.92. The van der Waals surface area contributed by atoms with E-state index in [9.17, 15) is 5.11 Å². The van der Waals surface area contributed by atoms with Gasteiger partial charge in [0, 0.05) is 6.07 Å². The van der Waals surface area contributed by atoms with Crippen LogP contribution < -0.4 is 9.47 Å². The Labute approximate surface area is 114 Å². The molecule has 3 nitrogen and oxygen atoms in total. The highest BCUT2D eigenvalue weighted by atomic mass is 79.9. The minimum Gasteiger partial charge on any atom is -0.508 e. The number of phenols is 1. The maximum atomic E-state index is 9.27. The van der Waals surface area contributed by atoms with Crippen LogP contribution in [0.15, 0.2) is 53.0 Å². The number of phenolic OH excluding ortho intramolecular Hbond substituents is 1. The van der Waals surface area contributed by atoms with Crippen molar-refractivity contribution in [2.45, 2.75) is 0 Å². The monoisotopic (exact) mass is 308 g/mol. The largest absolute Gasteiger partial charge is 0.508 e. The van der Waals surface area contributed by atoms with Gasteiger partial charge >= 0.3 is 0 Å². The van der Waals surface area contributed by atoms with E-state index in [2.05, 4.69) is 15.9 Å². The lowest BCUT2D eigenvalue weighted by Crippen LogP contribution is -2.09. The molecule has 0 amide bonds. The number of rotatable bonds is 5. The van der Waals surface area contributed by atoms with Crippen molar-refractivity contribution in [2.24, 2.45) is 0 Å². The molecule has 2 aromatic carbocycles. The summed E-state index contributed by atoms with van der Waals surface area (Å²) in [5.74, 6) is 1.61. The first-order chi connectivity index (χ1) is 8.75. The van der Waals surface area contributed by atoms with Crippen LogP contribution >= 0.6 is 15.9 Å². The number of hydrogen-bond acceptors (Lipinski definition) is 3. The van der Waals surface area contributed by atoms with Crippen LogP contribution in [0.2, 0.25) is 0 Å². The zero-order valence-corrected chi connectivity index (χ0v) is 11.3. The Morgan fingerprint density at radius 2 is 1.72 bits per heavy atom. The number of halogens is 1. The van der Waals surface area contributed by atoms with Crippen molar-refractivity contribution < 1.29 is 14.6 Å². The van der Waals surface area contributed by atoms with E-state index in [-0.39, 0.29) is 5.75 Å². The van der Waals surface area contributed by atoms with Gasteiger partial charge in [0.1, 0.15) is 30.5 Å². The highest BCUT2D eigenvalue weighted by Crippen LogP contribution is 2.23. The van der Waals surface area contributed by atoms with Gasteiger partial charge in [-0.2, -0.15) is 0 Å². The molecular formula is C14H13BrO3. The Balaban J connectivity index is 1.78. The van der Waals surface area contributed by atoms with E-state index in [0.717, 1.165) is 10.2 Å². The molecule has 18 heavy (non-hydrogen) atoms. The van der Waals surface area contributed by atoms with Crippen LogP contribution in [-0.4, -0.2) is 18.3 Å². The average Bonchev–Trinajstić information content (AvgIpc) is 2.37. The maximum absolute atomic E-state index is 9.27. The molecule has 0 aliphatic heterocycles. The Morgan fingerprint density at radius 1 is 0.944 bits per heavy atom. The molecule has 0 aliphatic carbocycles. The Morgan fingerprint density at radius 3 is 2.50 bits per heavy atom. The first kappa shape index (κ1) is 12.8. The molecule has 2 rings (SSSR count). The van der Waals surface area contributed by atoms with Crippen molar-refractivity contribution in [3.63, 3.8) is 0 Å². The van der Waals surface area contributed by atoms with Crippen molar-refractivity contribution in [1.82, 2.24) is 0 Å². The number of ether oxygens (including phenoxy) is 2. The second-order valence-corrected chi connectivity index (χ2v) is 4.48. The molecule has 0 spiro atoms. The number of hydrogen-bond donors (Lipinski definition) is 1. The minimum atomic E-state index is 0.194. The predicted molar refractivity (Wildman–Crippen MR) is 73.2 cm³/mol. The van der Waals surface area contributed by atoms with Crippen LogP contribution in [0.5, 0.6) is 17.2 Å². The standard InChI is InChI=1S/C14H13BrO3/c15-13-6-1-2-7-14(13)18-9-8-17-12-5-3-4-11(16)10-12/h1-7,10,16H,8-9H2. The summed E-state index contributed by atoms with van der Waals surface area (Å²) in [6.07, 6.45) is 0. The fraction of sp³-hybridized carbons (Fsp3) is 0.143. The zero-order valence-electron chi connectivity index (χ0n) is 9.67. The molecule has 4 heteroatoms. The summed E-state index contributed by atoms with van der Waals surface area (Å²) in [6, 6.07) is 14.3. The highest BCUT2D eigenvalue weighted by molar-refractivity contribution is 9.10. The summed E-state index contributed by atoms with van der Waals surface area (Å²) in [5.41, 5.74) is 0. The van der Waals surface area contributed by atoms with Crippen molar-refractivity contribution >= 4 is 15.9 Å². The molecule has 0 atom stereocenters. The molecule has 1 N–H and O–H groups in total. The van der Waals surface area contributed by atoms with Crippen LogP contribution in [-0.2, 0) is 0 Å². The van der Waals surface area contributed by atoms with E-state index in [0.29, 0.717) is 19.0 Å². The van der Waals surface area contributed by atoms with Gasteiger partial charge in [-0.15, -0.1) is 0 Å². The van der Waals surface area contributed by atoms with Gasteiger partial charge in [0.2, 0.25) is 0 Å². The van der Waals surface area contributed by atoms with E-state index < -0.39 is 0 Å². The highest BCUT2D eigenvalue weighted by Gasteiger charge is 1.99. The first-order valence-corrected chi connectivity index (χ1v) is 6.34. The van der Waals surface area contributed by atoms with Crippen molar-refractivity contribution in [1.29, 1.82) is 0 Å². The van der Waals surface area contributed by atoms with Crippen LogP contribution in [0.25, 0.3) is 0 Å². The second kappa shape index (κ2) is 6.31. The van der Waals surface area contributed by atoms with Crippen LogP contribution in [0, 0.1) is 0 Å². The normalized spacial score (nSPS) is 10.1. The number of aromatic hydroxyl groups is 1. The van der Waals surface area contributed by atoms with Gasteiger partial charge in [0.25, 0.3) is 0 Å². The van der Waals surface area contributed by atoms with Crippen LogP contribution in [0.4, 0.5) is 0 Å². The molecule has 0 saturated heterocycles. The molecule has 0 aromatic heterocycles. The molecule has 0 radical (unpaired) electrons. The summed E-state index contributed by atoms with van der Waals surface area (Å²) >= 11 is 3.40. The lowest BCUT2D eigenvalue weighted by Gasteiger charge is -2.09. The molecule has 0 aliphatic rings. The molecule has 0 fully saturated rings. The molecule has 94 valence electrons. The molecule has 0 saturated carbocycles. The molecular weight excluding hydrogens is 296 g/mol. The first-order valence-electron chi connectivity index (χ1n) is 5.55. The molecule has 0 bridgehead atoms. The van der Waals surface area contributed by atoms with Crippen LogP contribution in [0.3, 0.4) is 0 Å². The van der Waals surface area contributed by atoms with Gasteiger partial charge in [0.05, 0.1) is 4.47 Å². The maximum Gasteiger partial charge on any atom is 0.133 e. The SMILES string of the molecule is Oc1cccc(OCCOc2ccccc2Br)c1.